The van der Waals surface area contributed by atoms with Gasteiger partial charge in [-0.15, -0.1) is 0 Å². The highest BCUT2D eigenvalue weighted by molar-refractivity contribution is 6.33. The van der Waals surface area contributed by atoms with E-state index in [0.717, 1.165) is 0 Å². The number of nitrogens with one attached hydrogen (secondary N) is 2. The van der Waals surface area contributed by atoms with Crippen LogP contribution in [0.2, 0.25) is 5.02 Å². The van der Waals surface area contributed by atoms with Crippen LogP contribution in [-0.4, -0.2) is 38.6 Å². The highest BCUT2D eigenvalue weighted by atomic mass is 35.5. The molecule has 0 aliphatic heterocycles. The molecule has 2 N–H and O–H groups in total. The van der Waals surface area contributed by atoms with Gasteiger partial charge in [0, 0.05) is 13.0 Å². The summed E-state index contributed by atoms with van der Waals surface area (Å²) in [4.78, 5) is 35.5. The SMILES string of the molecule is COC(=O)c1ccc(Cl)c(NCCC(=O)Nc2ccccc2C(=O)OC)c1. The average Bonchev–Trinajstić information content (AvgIpc) is 2.68. The number of amides is 1. The van der Waals surface area contributed by atoms with Crippen molar-refractivity contribution < 1.29 is 23.9 Å². The summed E-state index contributed by atoms with van der Waals surface area (Å²) in [7, 11) is 2.57. The molecule has 142 valence electrons. The number of hydrogen-bond acceptors (Lipinski definition) is 6. The predicted octanol–water partition coefficient (Wildman–Crippen LogP) is 3.35. The van der Waals surface area contributed by atoms with Crippen LogP contribution in [0, 0.1) is 0 Å². The molecule has 0 aliphatic rings. The molecule has 2 aromatic rings. The third kappa shape index (κ3) is 5.46. The van der Waals surface area contributed by atoms with E-state index in [1.807, 2.05) is 0 Å². The maximum atomic E-state index is 12.2. The van der Waals surface area contributed by atoms with E-state index in [4.69, 9.17) is 16.3 Å². The molecule has 0 bridgehead atoms. The van der Waals surface area contributed by atoms with Crippen molar-refractivity contribution in [2.45, 2.75) is 6.42 Å². The van der Waals surface area contributed by atoms with Crippen molar-refractivity contribution in [2.75, 3.05) is 31.4 Å². The molecule has 0 aromatic heterocycles. The van der Waals surface area contributed by atoms with Crippen molar-refractivity contribution in [3.05, 3.63) is 58.6 Å². The van der Waals surface area contributed by atoms with Gasteiger partial charge in [0.05, 0.1) is 41.7 Å². The first-order valence-corrected chi connectivity index (χ1v) is 8.43. The summed E-state index contributed by atoms with van der Waals surface area (Å²) < 4.78 is 9.36. The minimum Gasteiger partial charge on any atom is -0.465 e. The largest absolute Gasteiger partial charge is 0.465 e. The lowest BCUT2D eigenvalue weighted by molar-refractivity contribution is -0.115. The van der Waals surface area contributed by atoms with E-state index < -0.39 is 11.9 Å². The zero-order valence-corrected chi connectivity index (χ0v) is 15.6. The summed E-state index contributed by atoms with van der Waals surface area (Å²) >= 11 is 6.09. The van der Waals surface area contributed by atoms with Gasteiger partial charge in [0.2, 0.25) is 5.91 Å². The molecule has 0 unspecified atom stereocenters. The van der Waals surface area contributed by atoms with Crippen LogP contribution in [0.5, 0.6) is 0 Å². The molecular weight excluding hydrogens is 372 g/mol. The van der Waals surface area contributed by atoms with Crippen molar-refractivity contribution in [3.63, 3.8) is 0 Å². The maximum absolute atomic E-state index is 12.2. The number of para-hydroxylation sites is 1. The molecule has 8 heteroatoms. The second-order valence-electron chi connectivity index (χ2n) is 5.45. The van der Waals surface area contributed by atoms with Gasteiger partial charge >= 0.3 is 11.9 Å². The highest BCUT2D eigenvalue weighted by Gasteiger charge is 2.13. The molecule has 1 amide bonds. The Hall–Kier alpha value is -3.06. The number of halogens is 1. The Kier molecular flexibility index (Phi) is 7.19. The van der Waals surface area contributed by atoms with E-state index in [0.29, 0.717) is 22.0 Å². The van der Waals surface area contributed by atoms with Crippen LogP contribution < -0.4 is 10.6 Å². The lowest BCUT2D eigenvalue weighted by Crippen LogP contribution is -2.18. The number of methoxy groups -OCH3 is 2. The molecule has 2 aromatic carbocycles. The second kappa shape index (κ2) is 9.59. The lowest BCUT2D eigenvalue weighted by atomic mass is 10.1. The third-order valence-corrected chi connectivity index (χ3v) is 3.99. The topological polar surface area (TPSA) is 93.7 Å². The second-order valence-corrected chi connectivity index (χ2v) is 5.86. The fourth-order valence-electron chi connectivity index (χ4n) is 2.31. The monoisotopic (exact) mass is 390 g/mol. The third-order valence-electron chi connectivity index (χ3n) is 3.66. The number of carbonyl (C=O) groups excluding carboxylic acids is 3. The number of anilines is 2. The van der Waals surface area contributed by atoms with Crippen LogP contribution >= 0.6 is 11.6 Å². The van der Waals surface area contributed by atoms with Crippen LogP contribution in [0.3, 0.4) is 0 Å². The Morgan fingerprint density at radius 1 is 0.963 bits per heavy atom. The molecule has 0 heterocycles. The van der Waals surface area contributed by atoms with Crippen molar-refractivity contribution in [2.24, 2.45) is 0 Å². The van der Waals surface area contributed by atoms with Gasteiger partial charge in [-0.2, -0.15) is 0 Å². The number of esters is 2. The van der Waals surface area contributed by atoms with E-state index in [1.165, 1.54) is 14.2 Å². The number of hydrogen-bond donors (Lipinski definition) is 2. The van der Waals surface area contributed by atoms with E-state index in [2.05, 4.69) is 15.4 Å². The molecule has 0 saturated heterocycles. The fourth-order valence-corrected chi connectivity index (χ4v) is 2.49. The zero-order chi connectivity index (χ0) is 19.8. The summed E-state index contributed by atoms with van der Waals surface area (Å²) in [6, 6.07) is 11.3. The molecule has 7 nitrogen and oxygen atoms in total. The van der Waals surface area contributed by atoms with Gasteiger partial charge in [0.1, 0.15) is 0 Å². The minimum absolute atomic E-state index is 0.119. The maximum Gasteiger partial charge on any atom is 0.339 e. The Bertz CT molecular complexity index is 854. The van der Waals surface area contributed by atoms with Gasteiger partial charge in [-0.3, -0.25) is 4.79 Å². The molecule has 2 rings (SSSR count). The van der Waals surface area contributed by atoms with Crippen LogP contribution in [-0.2, 0) is 14.3 Å². The number of ether oxygens (including phenoxy) is 2. The van der Waals surface area contributed by atoms with E-state index >= 15 is 0 Å². The first-order valence-electron chi connectivity index (χ1n) is 8.05. The standard InChI is InChI=1S/C19H19ClN2O5/c1-26-18(24)12-7-8-14(20)16(11-12)21-10-9-17(23)22-15-6-4-3-5-13(15)19(25)27-2/h3-8,11,21H,9-10H2,1-2H3,(H,22,23). The highest BCUT2D eigenvalue weighted by Crippen LogP contribution is 2.23. The van der Waals surface area contributed by atoms with Crippen LogP contribution in [0.15, 0.2) is 42.5 Å². The van der Waals surface area contributed by atoms with Gasteiger partial charge in [-0.1, -0.05) is 23.7 Å². The molecule has 27 heavy (non-hydrogen) atoms. The van der Waals surface area contributed by atoms with Crippen LogP contribution in [0.1, 0.15) is 27.1 Å². The molecule has 0 fully saturated rings. The van der Waals surface area contributed by atoms with Crippen LogP contribution in [0.25, 0.3) is 0 Å². The molecular formula is C19H19ClN2O5. The predicted molar refractivity (Wildman–Crippen MR) is 102 cm³/mol. The summed E-state index contributed by atoms with van der Waals surface area (Å²) in [6.07, 6.45) is 0.119. The Morgan fingerprint density at radius 2 is 1.67 bits per heavy atom. The molecule has 0 saturated carbocycles. The lowest BCUT2D eigenvalue weighted by Gasteiger charge is -2.11. The molecule has 0 atom stereocenters. The fraction of sp³-hybridized carbons (Fsp3) is 0.211. The zero-order valence-electron chi connectivity index (χ0n) is 14.9. The van der Waals surface area contributed by atoms with E-state index in [9.17, 15) is 14.4 Å². The summed E-state index contributed by atoms with van der Waals surface area (Å²) in [5, 5.41) is 6.10. The smallest absolute Gasteiger partial charge is 0.339 e. The minimum atomic E-state index is -0.532. The number of benzene rings is 2. The van der Waals surface area contributed by atoms with Crippen molar-refractivity contribution in [3.8, 4) is 0 Å². The summed E-state index contributed by atoms with van der Waals surface area (Å²) in [5.41, 5.74) is 1.51. The van der Waals surface area contributed by atoms with Gasteiger partial charge < -0.3 is 20.1 Å². The van der Waals surface area contributed by atoms with E-state index in [-0.39, 0.29) is 24.4 Å². The van der Waals surface area contributed by atoms with Crippen molar-refractivity contribution in [1.29, 1.82) is 0 Å². The van der Waals surface area contributed by atoms with Gasteiger partial charge in [0.15, 0.2) is 0 Å². The Labute approximate surface area is 161 Å². The summed E-state index contributed by atoms with van der Waals surface area (Å²) in [5.74, 6) is -1.30. The van der Waals surface area contributed by atoms with Gasteiger partial charge in [0.25, 0.3) is 0 Å². The molecule has 0 radical (unpaired) electrons. The normalized spacial score (nSPS) is 10.0. The van der Waals surface area contributed by atoms with Gasteiger partial charge in [-0.05, 0) is 30.3 Å². The quantitative estimate of drug-likeness (QED) is 0.704. The van der Waals surface area contributed by atoms with Crippen LogP contribution in [0.4, 0.5) is 11.4 Å². The van der Waals surface area contributed by atoms with E-state index in [1.54, 1.807) is 42.5 Å². The first kappa shape index (κ1) is 20.3. The van der Waals surface area contributed by atoms with Crippen molar-refractivity contribution in [1.82, 2.24) is 0 Å². The number of carbonyl (C=O) groups is 3. The Balaban J connectivity index is 1.96. The summed E-state index contributed by atoms with van der Waals surface area (Å²) in [6.45, 7) is 0.274. The Morgan fingerprint density at radius 3 is 2.37 bits per heavy atom. The van der Waals surface area contributed by atoms with Gasteiger partial charge in [-0.25, -0.2) is 9.59 Å². The first-order chi connectivity index (χ1) is 13.0. The number of rotatable bonds is 7. The molecule has 0 spiro atoms. The average molecular weight is 391 g/mol. The van der Waals surface area contributed by atoms with Crippen molar-refractivity contribution >= 4 is 40.8 Å². The molecule has 0 aliphatic carbocycles.